The maximum absolute atomic E-state index is 13.0. The minimum atomic E-state index is -0.642. The van der Waals surface area contributed by atoms with Gasteiger partial charge < -0.3 is 24.4 Å². The highest BCUT2D eigenvalue weighted by molar-refractivity contribution is 6.03. The highest BCUT2D eigenvalue weighted by Crippen LogP contribution is 2.31. The maximum Gasteiger partial charge on any atom is 0.412 e. The molecule has 3 heterocycles. The lowest BCUT2D eigenvalue weighted by atomic mass is 10.1. The minimum absolute atomic E-state index is 0.224. The molecule has 166 valence electrons. The van der Waals surface area contributed by atoms with E-state index < -0.39 is 11.9 Å². The highest BCUT2D eigenvalue weighted by atomic mass is 19.1. The number of hydrogen-bond acceptors (Lipinski definition) is 7. The van der Waals surface area contributed by atoms with E-state index >= 15 is 0 Å². The second-order valence-corrected chi connectivity index (χ2v) is 7.33. The quantitative estimate of drug-likeness (QED) is 0.416. The molecule has 5 rings (SSSR count). The Morgan fingerprint density at radius 2 is 1.97 bits per heavy atom. The topological polar surface area (TPSA) is 107 Å². The number of rotatable bonds is 5. The zero-order chi connectivity index (χ0) is 22.9. The average molecular weight is 446 g/mol. The van der Waals surface area contributed by atoms with Crippen molar-refractivity contribution >= 4 is 34.2 Å². The molecule has 0 aliphatic carbocycles. The number of hydrogen-bond donors (Lipinski definition) is 2. The Bertz CT molecular complexity index is 1480. The molecule has 0 unspecified atom stereocenters. The summed E-state index contributed by atoms with van der Waals surface area (Å²) < 4.78 is 25.9. The number of carbonyl (C=O) groups excluding carboxylic acids is 1. The van der Waals surface area contributed by atoms with E-state index in [4.69, 9.17) is 9.15 Å². The molecule has 9 nitrogen and oxygen atoms in total. The number of aromatic nitrogens is 4. The number of anilines is 1. The Hall–Kier alpha value is -4.47. The minimum Gasteiger partial charge on any atom is -0.418 e. The number of nitrogens with zero attached hydrogens (tertiary/aromatic N) is 4. The Labute approximate surface area is 187 Å². The molecule has 0 aliphatic heterocycles. The first kappa shape index (κ1) is 20.4. The molecule has 0 saturated heterocycles. The van der Waals surface area contributed by atoms with Gasteiger partial charge in [-0.15, -0.1) is 0 Å². The molecule has 0 spiro atoms. The molecule has 10 heteroatoms. The first-order valence-electron chi connectivity index (χ1n) is 10.1. The standard InChI is InChI=1S/C23H19FN6O3/c1-25-20-17-19(30(2)12-27-17)18-22(29-20)33-21(28-18)14-5-3-4-13(10-14)11-26-23(31)32-16-8-6-15(24)7-9-16/h3-10,12H,11H2,1-2H3,(H,25,29)(H,26,31). The van der Waals surface area contributed by atoms with E-state index in [1.807, 2.05) is 35.9 Å². The first-order valence-corrected chi connectivity index (χ1v) is 10.1. The molecule has 5 aromatic rings. The molecule has 0 fully saturated rings. The number of fused-ring (bicyclic) bond motifs is 3. The van der Waals surface area contributed by atoms with Gasteiger partial charge in [0.05, 0.1) is 6.33 Å². The van der Waals surface area contributed by atoms with Gasteiger partial charge in [-0.05, 0) is 42.0 Å². The molecule has 0 saturated carbocycles. The van der Waals surface area contributed by atoms with Crippen LogP contribution in [0, 0.1) is 5.82 Å². The van der Waals surface area contributed by atoms with E-state index in [-0.39, 0.29) is 12.3 Å². The number of amides is 1. The van der Waals surface area contributed by atoms with Crippen molar-refractivity contribution < 1.29 is 18.3 Å². The van der Waals surface area contributed by atoms with Gasteiger partial charge in [0.2, 0.25) is 5.89 Å². The van der Waals surface area contributed by atoms with Crippen molar-refractivity contribution in [3.8, 4) is 17.2 Å². The van der Waals surface area contributed by atoms with Crippen molar-refractivity contribution in [2.75, 3.05) is 12.4 Å². The van der Waals surface area contributed by atoms with Crippen molar-refractivity contribution in [3.63, 3.8) is 0 Å². The molecule has 1 amide bonds. The van der Waals surface area contributed by atoms with Gasteiger partial charge in [-0.2, -0.15) is 4.98 Å². The van der Waals surface area contributed by atoms with Crippen molar-refractivity contribution in [1.82, 2.24) is 24.8 Å². The normalized spacial score (nSPS) is 11.1. The molecule has 0 bridgehead atoms. The van der Waals surface area contributed by atoms with E-state index in [0.717, 1.165) is 16.6 Å². The van der Waals surface area contributed by atoms with Crippen molar-refractivity contribution in [1.29, 1.82) is 0 Å². The van der Waals surface area contributed by atoms with E-state index in [1.165, 1.54) is 24.3 Å². The SMILES string of the molecule is CNc1nc2oc(-c3cccc(CNC(=O)Oc4ccc(F)cc4)c3)nc2c2c1ncn2C. The van der Waals surface area contributed by atoms with Crippen LogP contribution in [0.5, 0.6) is 5.75 Å². The summed E-state index contributed by atoms with van der Waals surface area (Å²) in [5.41, 5.74) is 4.11. The third kappa shape index (κ3) is 3.93. The number of benzene rings is 2. The lowest BCUT2D eigenvalue weighted by Crippen LogP contribution is -2.26. The van der Waals surface area contributed by atoms with Gasteiger partial charge >= 0.3 is 6.09 Å². The molecular formula is C23H19FN6O3. The molecule has 3 aromatic heterocycles. The Balaban J connectivity index is 1.37. The summed E-state index contributed by atoms with van der Waals surface area (Å²) in [7, 11) is 3.66. The fourth-order valence-electron chi connectivity index (χ4n) is 3.51. The first-order chi connectivity index (χ1) is 16.0. The predicted octanol–water partition coefficient (Wildman–Crippen LogP) is 4.25. The van der Waals surface area contributed by atoms with E-state index in [2.05, 4.69) is 25.6 Å². The van der Waals surface area contributed by atoms with E-state index in [1.54, 1.807) is 13.4 Å². The summed E-state index contributed by atoms with van der Waals surface area (Å²) in [4.78, 5) is 25.6. The molecule has 0 atom stereocenters. The predicted molar refractivity (Wildman–Crippen MR) is 120 cm³/mol. The summed E-state index contributed by atoms with van der Waals surface area (Å²) >= 11 is 0. The molecule has 2 aromatic carbocycles. The number of carbonyl (C=O) groups is 1. The van der Waals surface area contributed by atoms with Gasteiger partial charge in [-0.1, -0.05) is 12.1 Å². The van der Waals surface area contributed by atoms with Crippen LogP contribution < -0.4 is 15.4 Å². The van der Waals surface area contributed by atoms with Crippen LogP contribution in [0.3, 0.4) is 0 Å². The van der Waals surface area contributed by atoms with Gasteiger partial charge in [-0.25, -0.2) is 19.2 Å². The number of oxazole rings is 1. The van der Waals surface area contributed by atoms with Crippen LogP contribution in [0.25, 0.3) is 33.7 Å². The third-order valence-electron chi connectivity index (χ3n) is 5.08. The van der Waals surface area contributed by atoms with Gasteiger partial charge in [-0.3, -0.25) is 0 Å². The van der Waals surface area contributed by atoms with Crippen LogP contribution in [0.1, 0.15) is 5.56 Å². The zero-order valence-electron chi connectivity index (χ0n) is 17.8. The largest absolute Gasteiger partial charge is 0.418 e. The van der Waals surface area contributed by atoms with Crippen LogP contribution in [0.2, 0.25) is 0 Å². The van der Waals surface area contributed by atoms with Crippen LogP contribution in [-0.4, -0.2) is 32.7 Å². The summed E-state index contributed by atoms with van der Waals surface area (Å²) in [5.74, 6) is 0.867. The van der Waals surface area contributed by atoms with Gasteiger partial charge in [0, 0.05) is 26.2 Å². The molecule has 0 radical (unpaired) electrons. The van der Waals surface area contributed by atoms with Crippen LogP contribution in [0.15, 0.2) is 59.3 Å². The number of ether oxygens (including phenoxy) is 1. The molecular weight excluding hydrogens is 427 g/mol. The van der Waals surface area contributed by atoms with E-state index in [9.17, 15) is 9.18 Å². The van der Waals surface area contributed by atoms with Gasteiger partial charge in [0.1, 0.15) is 22.6 Å². The van der Waals surface area contributed by atoms with Crippen molar-refractivity contribution in [3.05, 3.63) is 66.2 Å². The summed E-state index contributed by atoms with van der Waals surface area (Å²) in [6.07, 6.45) is 1.06. The fourth-order valence-corrected chi connectivity index (χ4v) is 3.51. The van der Waals surface area contributed by atoms with Crippen molar-refractivity contribution in [2.24, 2.45) is 7.05 Å². The monoisotopic (exact) mass is 446 g/mol. The second-order valence-electron chi connectivity index (χ2n) is 7.33. The van der Waals surface area contributed by atoms with Crippen molar-refractivity contribution in [2.45, 2.75) is 6.54 Å². The molecule has 2 N–H and O–H groups in total. The lowest BCUT2D eigenvalue weighted by molar-refractivity contribution is 0.200. The van der Waals surface area contributed by atoms with Crippen LogP contribution >= 0.6 is 0 Å². The lowest BCUT2D eigenvalue weighted by Gasteiger charge is -2.07. The summed E-state index contributed by atoms with van der Waals surface area (Å²) in [6, 6.07) is 12.7. The van der Waals surface area contributed by atoms with E-state index in [0.29, 0.717) is 28.5 Å². The van der Waals surface area contributed by atoms with Crippen LogP contribution in [0.4, 0.5) is 15.0 Å². The maximum atomic E-state index is 13.0. The second kappa shape index (κ2) is 8.23. The molecule has 0 aliphatic rings. The smallest absolute Gasteiger partial charge is 0.412 e. The summed E-state index contributed by atoms with van der Waals surface area (Å²) in [6.45, 7) is 0.224. The zero-order valence-corrected chi connectivity index (χ0v) is 17.8. The Morgan fingerprint density at radius 3 is 2.76 bits per heavy atom. The number of pyridine rings is 1. The third-order valence-corrected chi connectivity index (χ3v) is 5.08. The summed E-state index contributed by atoms with van der Waals surface area (Å²) in [5, 5.41) is 5.71. The molecule has 33 heavy (non-hydrogen) atoms. The number of imidazole rings is 1. The Morgan fingerprint density at radius 1 is 1.15 bits per heavy atom. The number of halogens is 1. The van der Waals surface area contributed by atoms with Gasteiger partial charge in [0.15, 0.2) is 11.3 Å². The van der Waals surface area contributed by atoms with Gasteiger partial charge in [0.25, 0.3) is 5.71 Å². The highest BCUT2D eigenvalue weighted by Gasteiger charge is 2.18. The fraction of sp³-hybridized carbons (Fsp3) is 0.130. The average Bonchev–Trinajstić information content (AvgIpc) is 3.42. The Kier molecular flexibility index (Phi) is 5.09. The van der Waals surface area contributed by atoms with Crippen LogP contribution in [-0.2, 0) is 13.6 Å². The number of nitrogens with one attached hydrogen (secondary N) is 2. The number of aryl methyl sites for hydroxylation is 1.